The minimum absolute atomic E-state index is 0.142. The molecule has 0 aromatic rings. The van der Waals surface area contributed by atoms with Crippen molar-refractivity contribution in [3.63, 3.8) is 0 Å². The Balaban J connectivity index is 1.52. The molecular formula is C15H25N3OS. The highest BCUT2D eigenvalue weighted by Crippen LogP contribution is 2.43. The first-order valence-corrected chi connectivity index (χ1v) is 8.90. The molecule has 0 aromatic heterocycles. The Morgan fingerprint density at radius 3 is 2.60 bits per heavy atom. The van der Waals surface area contributed by atoms with Crippen molar-refractivity contribution in [1.82, 2.24) is 10.2 Å². The van der Waals surface area contributed by atoms with Gasteiger partial charge in [0, 0.05) is 25.4 Å². The van der Waals surface area contributed by atoms with Gasteiger partial charge in [0.25, 0.3) is 0 Å². The molecule has 4 nitrogen and oxygen atoms in total. The molecule has 0 bridgehead atoms. The van der Waals surface area contributed by atoms with E-state index >= 15 is 0 Å². The Bertz CT molecular complexity index is 398. The van der Waals surface area contributed by atoms with E-state index in [4.69, 9.17) is 4.99 Å². The Hall–Kier alpha value is -0.710. The molecule has 5 heteroatoms. The molecule has 2 fully saturated rings. The van der Waals surface area contributed by atoms with Gasteiger partial charge in [0.15, 0.2) is 5.17 Å². The zero-order valence-corrected chi connectivity index (χ0v) is 13.2. The minimum atomic E-state index is -0.142. The number of thioether (sulfide) groups is 1. The third-order valence-corrected chi connectivity index (χ3v) is 6.14. The predicted molar refractivity (Wildman–Crippen MR) is 84.1 cm³/mol. The van der Waals surface area contributed by atoms with Gasteiger partial charge in [0.2, 0.25) is 5.91 Å². The van der Waals surface area contributed by atoms with Crippen molar-refractivity contribution in [3.05, 3.63) is 0 Å². The normalized spacial score (nSPS) is 26.6. The first-order chi connectivity index (χ1) is 9.69. The molecule has 1 atom stereocenters. The number of nitrogens with one attached hydrogen (secondary N) is 1. The summed E-state index contributed by atoms with van der Waals surface area (Å²) in [5.74, 6) is 1.40. The molecule has 1 unspecified atom stereocenters. The number of nitrogens with zero attached hydrogens (tertiary/aromatic N) is 2. The van der Waals surface area contributed by atoms with Crippen molar-refractivity contribution in [2.24, 2.45) is 10.4 Å². The summed E-state index contributed by atoms with van der Waals surface area (Å²) in [4.78, 5) is 19.0. The molecule has 3 aliphatic rings. The molecule has 1 amide bonds. The molecule has 1 saturated heterocycles. The number of aliphatic imine (C=N–C) groups is 1. The molecule has 1 saturated carbocycles. The molecule has 1 spiro atoms. The summed E-state index contributed by atoms with van der Waals surface area (Å²) in [7, 11) is 0. The van der Waals surface area contributed by atoms with Crippen LogP contribution in [0.25, 0.3) is 0 Å². The number of hydrogen-bond donors (Lipinski definition) is 1. The Labute approximate surface area is 125 Å². The summed E-state index contributed by atoms with van der Waals surface area (Å²) in [6, 6.07) is -0.142. The maximum Gasteiger partial charge on any atom is 0.244 e. The summed E-state index contributed by atoms with van der Waals surface area (Å²) in [6.45, 7) is 4.76. The number of rotatable bonds is 2. The van der Waals surface area contributed by atoms with Crippen molar-refractivity contribution in [3.8, 4) is 0 Å². The number of amides is 1. The fourth-order valence-corrected chi connectivity index (χ4v) is 4.76. The smallest absolute Gasteiger partial charge is 0.244 e. The molecule has 1 N–H and O–H groups in total. The SMILES string of the molecule is CC(NC1=NCC2(CCCC2)CS1)C(=O)N1CCCC1. The van der Waals surface area contributed by atoms with Crippen molar-refractivity contribution >= 4 is 22.8 Å². The fraction of sp³-hybridized carbons (Fsp3) is 0.867. The average Bonchev–Trinajstić information content (AvgIpc) is 3.13. The van der Waals surface area contributed by atoms with Crippen LogP contribution in [0, 0.1) is 5.41 Å². The van der Waals surface area contributed by atoms with Gasteiger partial charge in [-0.3, -0.25) is 9.79 Å². The zero-order chi connectivity index (χ0) is 14.0. The van der Waals surface area contributed by atoms with E-state index in [0.717, 1.165) is 37.6 Å². The topological polar surface area (TPSA) is 44.7 Å². The maximum atomic E-state index is 12.3. The van der Waals surface area contributed by atoms with Gasteiger partial charge in [0.1, 0.15) is 6.04 Å². The van der Waals surface area contributed by atoms with Crippen LogP contribution in [-0.2, 0) is 4.79 Å². The summed E-state index contributed by atoms with van der Waals surface area (Å²) in [5, 5.41) is 4.30. The fourth-order valence-electron chi connectivity index (χ4n) is 3.53. The summed E-state index contributed by atoms with van der Waals surface area (Å²) in [5.41, 5.74) is 0.470. The molecule has 2 aliphatic heterocycles. The van der Waals surface area contributed by atoms with E-state index in [1.807, 2.05) is 23.6 Å². The molecule has 112 valence electrons. The van der Waals surface area contributed by atoms with Crippen molar-refractivity contribution in [2.75, 3.05) is 25.4 Å². The third kappa shape index (κ3) is 2.97. The number of likely N-dealkylation sites (tertiary alicyclic amines) is 1. The van der Waals surface area contributed by atoms with Crippen LogP contribution < -0.4 is 5.32 Å². The molecule has 2 heterocycles. The average molecular weight is 295 g/mol. The number of hydrogen-bond acceptors (Lipinski definition) is 4. The largest absolute Gasteiger partial charge is 0.353 e. The van der Waals surface area contributed by atoms with E-state index in [1.165, 1.54) is 31.4 Å². The van der Waals surface area contributed by atoms with Crippen LogP contribution in [0.4, 0.5) is 0 Å². The van der Waals surface area contributed by atoms with Gasteiger partial charge in [-0.05, 0) is 38.0 Å². The number of carbonyl (C=O) groups excluding carboxylic acids is 1. The Morgan fingerprint density at radius 2 is 2.00 bits per heavy atom. The van der Waals surface area contributed by atoms with Gasteiger partial charge < -0.3 is 10.2 Å². The van der Waals surface area contributed by atoms with E-state index in [-0.39, 0.29) is 11.9 Å². The minimum Gasteiger partial charge on any atom is -0.353 e. The highest BCUT2D eigenvalue weighted by molar-refractivity contribution is 8.13. The van der Waals surface area contributed by atoms with E-state index in [2.05, 4.69) is 5.32 Å². The summed E-state index contributed by atoms with van der Waals surface area (Å²) >= 11 is 1.82. The van der Waals surface area contributed by atoms with Crippen LogP contribution in [0.2, 0.25) is 0 Å². The zero-order valence-electron chi connectivity index (χ0n) is 12.4. The van der Waals surface area contributed by atoms with E-state index < -0.39 is 0 Å². The van der Waals surface area contributed by atoms with Gasteiger partial charge in [-0.1, -0.05) is 24.6 Å². The second kappa shape index (κ2) is 5.96. The second-order valence-electron chi connectivity index (χ2n) is 6.52. The molecule has 0 aromatic carbocycles. The lowest BCUT2D eigenvalue weighted by Crippen LogP contribution is -2.46. The van der Waals surface area contributed by atoms with Crippen LogP contribution in [-0.4, -0.2) is 47.4 Å². The van der Waals surface area contributed by atoms with Gasteiger partial charge in [0.05, 0.1) is 0 Å². The third-order valence-electron chi connectivity index (χ3n) is 4.87. The molecule has 0 radical (unpaired) electrons. The van der Waals surface area contributed by atoms with Crippen molar-refractivity contribution in [2.45, 2.75) is 51.5 Å². The van der Waals surface area contributed by atoms with Gasteiger partial charge in [-0.25, -0.2) is 0 Å². The Kier molecular flexibility index (Phi) is 4.24. The van der Waals surface area contributed by atoms with Gasteiger partial charge in [-0.15, -0.1) is 0 Å². The monoisotopic (exact) mass is 295 g/mol. The van der Waals surface area contributed by atoms with Gasteiger partial charge in [-0.2, -0.15) is 0 Å². The van der Waals surface area contributed by atoms with Crippen molar-refractivity contribution in [1.29, 1.82) is 0 Å². The van der Waals surface area contributed by atoms with Crippen LogP contribution in [0.15, 0.2) is 4.99 Å². The van der Waals surface area contributed by atoms with Crippen LogP contribution in [0.5, 0.6) is 0 Å². The van der Waals surface area contributed by atoms with Crippen LogP contribution in [0.3, 0.4) is 0 Å². The lowest BCUT2D eigenvalue weighted by Gasteiger charge is -2.32. The Morgan fingerprint density at radius 1 is 1.30 bits per heavy atom. The molecule has 1 aliphatic carbocycles. The summed E-state index contributed by atoms with van der Waals surface area (Å²) in [6.07, 6.45) is 7.69. The number of carbonyl (C=O) groups is 1. The molecule has 20 heavy (non-hydrogen) atoms. The predicted octanol–water partition coefficient (Wildman–Crippen LogP) is 2.25. The van der Waals surface area contributed by atoms with Crippen LogP contribution in [0.1, 0.15) is 45.4 Å². The van der Waals surface area contributed by atoms with E-state index in [9.17, 15) is 4.79 Å². The number of amidine groups is 1. The molecule has 3 rings (SSSR count). The quantitative estimate of drug-likeness (QED) is 0.850. The standard InChI is InChI=1S/C15H25N3OS/c1-12(13(19)18-8-4-5-9-18)17-14-16-10-15(11-20-14)6-2-3-7-15/h12H,2-11H2,1H3,(H,16,17). The molecular weight excluding hydrogens is 270 g/mol. The lowest BCUT2D eigenvalue weighted by molar-refractivity contribution is -0.131. The highest BCUT2D eigenvalue weighted by atomic mass is 32.2. The van der Waals surface area contributed by atoms with Crippen molar-refractivity contribution < 1.29 is 4.79 Å². The van der Waals surface area contributed by atoms with Gasteiger partial charge >= 0.3 is 0 Å². The first kappa shape index (κ1) is 14.2. The first-order valence-electron chi connectivity index (χ1n) is 7.91. The highest BCUT2D eigenvalue weighted by Gasteiger charge is 2.37. The van der Waals surface area contributed by atoms with Crippen LogP contribution >= 0.6 is 11.8 Å². The lowest BCUT2D eigenvalue weighted by atomic mass is 9.89. The summed E-state index contributed by atoms with van der Waals surface area (Å²) < 4.78 is 0. The van der Waals surface area contributed by atoms with E-state index in [1.54, 1.807) is 0 Å². The second-order valence-corrected chi connectivity index (χ2v) is 7.48. The van der Waals surface area contributed by atoms with E-state index in [0.29, 0.717) is 5.41 Å². The maximum absolute atomic E-state index is 12.3.